The third-order valence-corrected chi connectivity index (χ3v) is 4.69. The van der Waals surface area contributed by atoms with Gasteiger partial charge in [0.25, 0.3) is 0 Å². The minimum atomic E-state index is -3.95. The summed E-state index contributed by atoms with van der Waals surface area (Å²) in [5.41, 5.74) is -0.284. The molecule has 0 amide bonds. The van der Waals surface area contributed by atoms with Crippen molar-refractivity contribution in [3.05, 3.63) is 29.6 Å². The van der Waals surface area contributed by atoms with Crippen LogP contribution in [0.3, 0.4) is 0 Å². The Morgan fingerprint density at radius 2 is 2.00 bits per heavy atom. The molecular formula is C13H18FNO4S. The zero-order valence-corrected chi connectivity index (χ0v) is 12.4. The van der Waals surface area contributed by atoms with Crippen molar-refractivity contribution in [2.24, 2.45) is 5.92 Å². The number of hydrogen-bond donors (Lipinski definition) is 1. The molecule has 0 heterocycles. The first-order valence-electron chi connectivity index (χ1n) is 6.23. The third-order valence-electron chi connectivity index (χ3n) is 2.72. The van der Waals surface area contributed by atoms with E-state index in [2.05, 4.69) is 0 Å². The van der Waals surface area contributed by atoms with Crippen molar-refractivity contribution in [1.29, 1.82) is 0 Å². The van der Waals surface area contributed by atoms with Gasteiger partial charge in [0.15, 0.2) is 0 Å². The fraction of sp³-hybridized carbons (Fsp3) is 0.462. The first kappa shape index (κ1) is 16.6. The second kappa shape index (κ2) is 6.32. The molecule has 0 radical (unpaired) electrons. The summed E-state index contributed by atoms with van der Waals surface area (Å²) in [5, 5.41) is 8.75. The molecule has 1 N–H and O–H groups in total. The van der Waals surface area contributed by atoms with Crippen LogP contribution in [0.5, 0.6) is 0 Å². The molecule has 0 aliphatic carbocycles. The summed E-state index contributed by atoms with van der Waals surface area (Å²) in [4.78, 5) is 10.2. The number of carboxylic acids is 1. The van der Waals surface area contributed by atoms with Gasteiger partial charge in [-0.15, -0.1) is 0 Å². The summed E-state index contributed by atoms with van der Waals surface area (Å²) >= 11 is 0. The van der Waals surface area contributed by atoms with Gasteiger partial charge in [-0.1, -0.05) is 20.8 Å². The molecule has 7 heteroatoms. The highest BCUT2D eigenvalue weighted by atomic mass is 32.2. The van der Waals surface area contributed by atoms with Crippen molar-refractivity contribution in [1.82, 2.24) is 4.31 Å². The van der Waals surface area contributed by atoms with Crippen molar-refractivity contribution < 1.29 is 22.7 Å². The zero-order chi connectivity index (χ0) is 15.5. The second-order valence-electron chi connectivity index (χ2n) is 4.80. The smallest absolute Gasteiger partial charge is 0.335 e. The van der Waals surface area contributed by atoms with Gasteiger partial charge in [0.1, 0.15) is 10.7 Å². The Bertz CT molecular complexity index is 598. The number of hydrogen-bond acceptors (Lipinski definition) is 3. The lowest BCUT2D eigenvalue weighted by Gasteiger charge is -2.22. The van der Waals surface area contributed by atoms with E-state index in [0.717, 1.165) is 18.2 Å². The fourth-order valence-electron chi connectivity index (χ4n) is 1.79. The molecule has 0 fully saturated rings. The van der Waals surface area contributed by atoms with Gasteiger partial charge < -0.3 is 5.11 Å². The van der Waals surface area contributed by atoms with Gasteiger partial charge >= 0.3 is 5.97 Å². The van der Waals surface area contributed by atoms with Crippen LogP contribution in [-0.4, -0.2) is 36.9 Å². The van der Waals surface area contributed by atoms with Crippen molar-refractivity contribution >= 4 is 16.0 Å². The number of sulfonamides is 1. The Balaban J connectivity index is 3.24. The van der Waals surface area contributed by atoms with Crippen LogP contribution in [0.25, 0.3) is 0 Å². The molecule has 1 rings (SSSR count). The monoisotopic (exact) mass is 303 g/mol. The number of halogens is 1. The van der Waals surface area contributed by atoms with Gasteiger partial charge in [-0.3, -0.25) is 0 Å². The topological polar surface area (TPSA) is 74.7 Å². The van der Waals surface area contributed by atoms with E-state index in [1.54, 1.807) is 6.92 Å². The molecule has 0 saturated heterocycles. The maximum absolute atomic E-state index is 13.9. The molecule has 5 nitrogen and oxygen atoms in total. The first-order chi connectivity index (χ1) is 9.20. The lowest BCUT2D eigenvalue weighted by Crippen LogP contribution is -2.34. The van der Waals surface area contributed by atoms with Gasteiger partial charge in [-0.25, -0.2) is 17.6 Å². The van der Waals surface area contributed by atoms with E-state index in [4.69, 9.17) is 5.11 Å². The number of benzene rings is 1. The van der Waals surface area contributed by atoms with Crippen LogP contribution in [-0.2, 0) is 10.0 Å². The van der Waals surface area contributed by atoms with E-state index >= 15 is 0 Å². The highest BCUT2D eigenvalue weighted by molar-refractivity contribution is 7.89. The highest BCUT2D eigenvalue weighted by Crippen LogP contribution is 2.21. The summed E-state index contributed by atoms with van der Waals surface area (Å²) in [6.07, 6.45) is 0. The van der Waals surface area contributed by atoms with E-state index in [0.29, 0.717) is 0 Å². The number of carbonyl (C=O) groups is 1. The minimum absolute atomic E-state index is 0.103. The van der Waals surface area contributed by atoms with Gasteiger partial charge in [-0.2, -0.15) is 4.31 Å². The number of nitrogens with zero attached hydrogens (tertiary/aromatic N) is 1. The normalized spacial score (nSPS) is 12.1. The van der Waals surface area contributed by atoms with Crippen LogP contribution in [0.2, 0.25) is 0 Å². The van der Waals surface area contributed by atoms with Gasteiger partial charge in [0.2, 0.25) is 10.0 Å². The molecule has 0 aliphatic heterocycles. The average Bonchev–Trinajstić information content (AvgIpc) is 2.34. The standard InChI is InChI=1S/C13H18FNO4S/c1-4-15(8-9(2)3)20(18,19)12-6-5-10(13(16)17)7-11(12)14/h5-7,9H,4,8H2,1-3H3,(H,16,17). The molecule has 0 bridgehead atoms. The van der Waals surface area contributed by atoms with Crippen molar-refractivity contribution in [2.75, 3.05) is 13.1 Å². The van der Waals surface area contributed by atoms with Gasteiger partial charge in [0.05, 0.1) is 5.56 Å². The molecule has 0 aliphatic rings. The predicted octanol–water partition coefficient (Wildman–Crippen LogP) is 2.19. The second-order valence-corrected chi connectivity index (χ2v) is 6.71. The fourth-order valence-corrected chi connectivity index (χ4v) is 3.44. The van der Waals surface area contributed by atoms with Crippen molar-refractivity contribution in [2.45, 2.75) is 25.7 Å². The molecule has 112 valence electrons. The molecule has 1 aromatic carbocycles. The Morgan fingerprint density at radius 1 is 1.40 bits per heavy atom. The predicted molar refractivity (Wildman–Crippen MR) is 72.6 cm³/mol. The maximum Gasteiger partial charge on any atom is 0.335 e. The van der Waals surface area contributed by atoms with E-state index in [9.17, 15) is 17.6 Å². The van der Waals surface area contributed by atoms with Crippen LogP contribution in [0, 0.1) is 11.7 Å². The summed E-state index contributed by atoms with van der Waals surface area (Å²) < 4.78 is 39.7. The summed E-state index contributed by atoms with van der Waals surface area (Å²) in [6.45, 7) is 5.90. The largest absolute Gasteiger partial charge is 0.478 e. The van der Waals surface area contributed by atoms with Crippen LogP contribution in [0.1, 0.15) is 31.1 Å². The Morgan fingerprint density at radius 3 is 2.40 bits per heavy atom. The molecule has 1 aromatic rings. The molecular weight excluding hydrogens is 285 g/mol. The molecule has 0 atom stereocenters. The van der Waals surface area contributed by atoms with Crippen molar-refractivity contribution in [3.8, 4) is 0 Å². The van der Waals surface area contributed by atoms with E-state index < -0.39 is 26.7 Å². The Hall–Kier alpha value is -1.47. The highest BCUT2D eigenvalue weighted by Gasteiger charge is 2.27. The summed E-state index contributed by atoms with van der Waals surface area (Å²) in [5.74, 6) is -2.25. The SMILES string of the molecule is CCN(CC(C)C)S(=O)(=O)c1ccc(C(=O)O)cc1F. The van der Waals surface area contributed by atoms with E-state index in [1.165, 1.54) is 4.31 Å². The van der Waals surface area contributed by atoms with Gasteiger partial charge in [-0.05, 0) is 24.1 Å². The van der Waals surface area contributed by atoms with Gasteiger partial charge in [0, 0.05) is 13.1 Å². The molecule has 0 saturated carbocycles. The van der Waals surface area contributed by atoms with Crippen molar-refractivity contribution in [3.63, 3.8) is 0 Å². The first-order valence-corrected chi connectivity index (χ1v) is 7.67. The molecule has 0 spiro atoms. The van der Waals surface area contributed by atoms with Crippen LogP contribution in [0.15, 0.2) is 23.1 Å². The third kappa shape index (κ3) is 3.55. The average molecular weight is 303 g/mol. The molecule has 0 aromatic heterocycles. The Labute approximate surface area is 118 Å². The van der Waals surface area contributed by atoms with E-state index in [1.807, 2.05) is 13.8 Å². The quantitative estimate of drug-likeness (QED) is 0.874. The number of aromatic carboxylic acids is 1. The summed E-state index contributed by atoms with van der Waals surface area (Å²) in [6, 6.07) is 2.80. The maximum atomic E-state index is 13.9. The number of carboxylic acid groups (broad SMARTS) is 1. The lowest BCUT2D eigenvalue weighted by atomic mass is 10.2. The minimum Gasteiger partial charge on any atom is -0.478 e. The zero-order valence-electron chi connectivity index (χ0n) is 11.6. The Kier molecular flexibility index (Phi) is 5.24. The molecule has 0 unspecified atom stereocenters. The summed E-state index contributed by atoms with van der Waals surface area (Å²) in [7, 11) is -3.95. The number of rotatable bonds is 6. The van der Waals surface area contributed by atoms with Crippen LogP contribution < -0.4 is 0 Å². The van der Waals surface area contributed by atoms with Crippen LogP contribution >= 0.6 is 0 Å². The molecule has 20 heavy (non-hydrogen) atoms. The lowest BCUT2D eigenvalue weighted by molar-refractivity contribution is 0.0696. The van der Waals surface area contributed by atoms with E-state index in [-0.39, 0.29) is 24.6 Å². The van der Waals surface area contributed by atoms with Crippen LogP contribution in [0.4, 0.5) is 4.39 Å².